The summed E-state index contributed by atoms with van der Waals surface area (Å²) in [7, 11) is 1.58. The van der Waals surface area contributed by atoms with Crippen LogP contribution in [0, 0.1) is 6.92 Å². The van der Waals surface area contributed by atoms with Gasteiger partial charge in [0.05, 0.1) is 11.6 Å². The molecule has 0 amide bonds. The van der Waals surface area contributed by atoms with Gasteiger partial charge in [0.2, 0.25) is 11.7 Å². The Morgan fingerprint density at radius 2 is 2.21 bits per heavy atom. The number of nitrogens with zero attached hydrogens (tertiary/aromatic N) is 2. The van der Waals surface area contributed by atoms with Gasteiger partial charge in [-0.15, -0.1) is 0 Å². The van der Waals surface area contributed by atoms with Crippen LogP contribution in [0.1, 0.15) is 17.3 Å². The first-order valence-corrected chi connectivity index (χ1v) is 6.41. The van der Waals surface area contributed by atoms with Gasteiger partial charge in [-0.3, -0.25) is 0 Å². The van der Waals surface area contributed by atoms with Gasteiger partial charge in [0.25, 0.3) is 0 Å². The summed E-state index contributed by atoms with van der Waals surface area (Å²) in [4.78, 5) is 4.07. The summed E-state index contributed by atoms with van der Waals surface area (Å²) in [5, 5.41) is 3.76. The maximum Gasteiger partial charge on any atom is 0.223 e. The van der Waals surface area contributed by atoms with Crippen molar-refractivity contribution in [1.82, 2.24) is 10.1 Å². The molecule has 7 heteroatoms. The number of hydrogen-bond acceptors (Lipinski definition) is 6. The monoisotopic (exact) mass is 327 g/mol. The second-order valence-electron chi connectivity index (χ2n) is 3.83. The van der Waals surface area contributed by atoms with Crippen molar-refractivity contribution in [2.24, 2.45) is 5.73 Å². The Bertz CT molecular complexity index is 571. The molecule has 0 spiro atoms. The molecule has 0 fully saturated rings. The van der Waals surface area contributed by atoms with E-state index in [1.165, 1.54) is 0 Å². The highest BCUT2D eigenvalue weighted by Crippen LogP contribution is 2.36. The van der Waals surface area contributed by atoms with E-state index in [0.29, 0.717) is 29.8 Å². The van der Waals surface area contributed by atoms with Gasteiger partial charge in [-0.1, -0.05) is 5.16 Å². The molecule has 1 aromatic heterocycles. The van der Waals surface area contributed by atoms with E-state index >= 15 is 0 Å². The van der Waals surface area contributed by atoms with Crippen LogP contribution in [0.15, 0.2) is 21.1 Å². The van der Waals surface area contributed by atoms with E-state index in [1.807, 2.05) is 12.1 Å². The molecule has 6 nitrogen and oxygen atoms in total. The maximum atomic E-state index is 5.66. The lowest BCUT2D eigenvalue weighted by molar-refractivity contribution is 0.267. The van der Waals surface area contributed by atoms with Gasteiger partial charge >= 0.3 is 0 Å². The molecule has 0 aliphatic carbocycles. The Morgan fingerprint density at radius 1 is 1.42 bits per heavy atom. The Labute approximate surface area is 119 Å². The molecule has 1 aromatic carbocycles. The maximum absolute atomic E-state index is 5.66. The Balaban J connectivity index is 2.19. The quantitative estimate of drug-likeness (QED) is 0.906. The summed E-state index contributed by atoms with van der Waals surface area (Å²) in [6.45, 7) is 2.36. The first-order valence-electron chi connectivity index (χ1n) is 5.62. The number of aryl methyl sites for hydroxylation is 1. The fourth-order valence-electron chi connectivity index (χ4n) is 1.57. The van der Waals surface area contributed by atoms with Gasteiger partial charge in [0.15, 0.2) is 18.1 Å². The molecule has 1 heterocycles. The number of hydrogen-bond donors (Lipinski definition) is 1. The molecule has 0 radical (unpaired) electrons. The molecule has 0 unspecified atom stereocenters. The molecule has 2 N–H and O–H groups in total. The molecular formula is C12H14BrN3O3. The largest absolute Gasteiger partial charge is 0.493 e. The average Bonchev–Trinajstić information content (AvgIpc) is 2.82. The Kier molecular flexibility index (Phi) is 4.39. The van der Waals surface area contributed by atoms with Crippen molar-refractivity contribution in [3.05, 3.63) is 33.9 Å². The smallest absolute Gasteiger partial charge is 0.223 e. The number of ether oxygens (including phenoxy) is 2. The van der Waals surface area contributed by atoms with Crippen LogP contribution in [-0.2, 0) is 13.2 Å². The number of methoxy groups -OCH3 is 1. The van der Waals surface area contributed by atoms with Crippen molar-refractivity contribution in [1.29, 1.82) is 0 Å². The number of halogens is 1. The number of benzene rings is 1. The van der Waals surface area contributed by atoms with Crippen molar-refractivity contribution in [2.75, 3.05) is 7.11 Å². The lowest BCUT2D eigenvalue weighted by atomic mass is 10.2. The van der Waals surface area contributed by atoms with Crippen LogP contribution < -0.4 is 15.2 Å². The van der Waals surface area contributed by atoms with Gasteiger partial charge in [0, 0.05) is 13.5 Å². The molecule has 2 rings (SSSR count). The van der Waals surface area contributed by atoms with Crippen molar-refractivity contribution in [2.45, 2.75) is 20.1 Å². The highest BCUT2D eigenvalue weighted by atomic mass is 79.9. The minimum atomic E-state index is 0.203. The zero-order valence-electron chi connectivity index (χ0n) is 10.6. The average molecular weight is 328 g/mol. The highest BCUT2D eigenvalue weighted by molar-refractivity contribution is 9.10. The van der Waals surface area contributed by atoms with Gasteiger partial charge in [0.1, 0.15) is 0 Å². The third-order valence-electron chi connectivity index (χ3n) is 2.44. The standard InChI is InChI=1S/C12H14BrN3O3/c1-7-15-11(16-19-7)6-18-12-9(13)3-8(5-14)4-10(12)17-2/h3-4H,5-6,14H2,1-2H3. The molecule has 2 aromatic rings. The Hall–Kier alpha value is -1.60. The SMILES string of the molecule is COc1cc(CN)cc(Br)c1OCc1noc(C)n1. The topological polar surface area (TPSA) is 83.4 Å². The normalized spacial score (nSPS) is 10.5. The zero-order valence-corrected chi connectivity index (χ0v) is 12.2. The van der Waals surface area contributed by atoms with Crippen LogP contribution in [0.4, 0.5) is 0 Å². The second-order valence-corrected chi connectivity index (χ2v) is 4.69. The van der Waals surface area contributed by atoms with Crippen LogP contribution in [0.3, 0.4) is 0 Å². The van der Waals surface area contributed by atoms with E-state index in [-0.39, 0.29) is 6.61 Å². The fourth-order valence-corrected chi connectivity index (χ4v) is 2.17. The molecule has 0 aliphatic heterocycles. The third kappa shape index (κ3) is 3.24. The molecule has 102 valence electrons. The molecule has 0 bridgehead atoms. The van der Waals surface area contributed by atoms with Crippen molar-refractivity contribution in [3.8, 4) is 11.5 Å². The molecule has 0 aliphatic rings. The first kappa shape index (κ1) is 13.8. The van der Waals surface area contributed by atoms with Gasteiger partial charge < -0.3 is 19.7 Å². The van der Waals surface area contributed by atoms with Crippen LogP contribution in [0.2, 0.25) is 0 Å². The molecular weight excluding hydrogens is 314 g/mol. The third-order valence-corrected chi connectivity index (χ3v) is 3.03. The van der Waals surface area contributed by atoms with Crippen LogP contribution in [0.5, 0.6) is 11.5 Å². The Morgan fingerprint density at radius 3 is 2.79 bits per heavy atom. The van der Waals surface area contributed by atoms with Crippen molar-refractivity contribution in [3.63, 3.8) is 0 Å². The lowest BCUT2D eigenvalue weighted by Crippen LogP contribution is -2.02. The summed E-state index contributed by atoms with van der Waals surface area (Å²) in [5.74, 6) is 2.18. The van der Waals surface area contributed by atoms with E-state index in [2.05, 4.69) is 26.1 Å². The van der Waals surface area contributed by atoms with Crippen LogP contribution in [-0.4, -0.2) is 17.3 Å². The summed E-state index contributed by atoms with van der Waals surface area (Å²) in [6.07, 6.45) is 0. The number of aromatic nitrogens is 2. The van der Waals surface area contributed by atoms with Gasteiger partial charge in [-0.25, -0.2) is 0 Å². The lowest BCUT2D eigenvalue weighted by Gasteiger charge is -2.12. The summed E-state index contributed by atoms with van der Waals surface area (Å²) in [5.41, 5.74) is 6.56. The minimum absolute atomic E-state index is 0.203. The fraction of sp³-hybridized carbons (Fsp3) is 0.333. The molecule has 0 atom stereocenters. The van der Waals surface area contributed by atoms with Gasteiger partial charge in [-0.2, -0.15) is 4.98 Å². The van der Waals surface area contributed by atoms with Crippen molar-refractivity contribution < 1.29 is 14.0 Å². The highest BCUT2D eigenvalue weighted by Gasteiger charge is 2.13. The van der Waals surface area contributed by atoms with Crippen LogP contribution >= 0.6 is 15.9 Å². The van der Waals surface area contributed by atoms with E-state index in [0.717, 1.165) is 10.0 Å². The predicted octanol–water partition coefficient (Wildman–Crippen LogP) is 2.19. The van der Waals surface area contributed by atoms with Crippen molar-refractivity contribution >= 4 is 15.9 Å². The van der Waals surface area contributed by atoms with E-state index in [9.17, 15) is 0 Å². The zero-order chi connectivity index (χ0) is 13.8. The summed E-state index contributed by atoms with van der Waals surface area (Å²) >= 11 is 3.43. The molecule has 0 saturated carbocycles. The summed E-state index contributed by atoms with van der Waals surface area (Å²) < 4.78 is 16.6. The van der Waals surface area contributed by atoms with Gasteiger partial charge in [-0.05, 0) is 33.6 Å². The van der Waals surface area contributed by atoms with E-state index in [1.54, 1.807) is 14.0 Å². The predicted molar refractivity (Wildman–Crippen MR) is 72.0 cm³/mol. The first-order chi connectivity index (χ1) is 9.13. The summed E-state index contributed by atoms with van der Waals surface area (Å²) in [6, 6.07) is 3.72. The minimum Gasteiger partial charge on any atom is -0.493 e. The van der Waals surface area contributed by atoms with E-state index < -0.39 is 0 Å². The van der Waals surface area contributed by atoms with E-state index in [4.69, 9.17) is 19.7 Å². The number of rotatable bonds is 5. The number of nitrogens with two attached hydrogens (primary N) is 1. The second kappa shape index (κ2) is 6.03. The van der Waals surface area contributed by atoms with Crippen LogP contribution in [0.25, 0.3) is 0 Å². The molecule has 19 heavy (non-hydrogen) atoms. The molecule has 0 saturated heterocycles.